The highest BCUT2D eigenvalue weighted by molar-refractivity contribution is 8.18. The van der Waals surface area contributed by atoms with E-state index in [1.807, 2.05) is 18.2 Å². The van der Waals surface area contributed by atoms with Gasteiger partial charge in [0.15, 0.2) is 5.17 Å². The third-order valence-electron chi connectivity index (χ3n) is 5.67. The van der Waals surface area contributed by atoms with Crippen LogP contribution in [0.2, 0.25) is 10.0 Å². The van der Waals surface area contributed by atoms with Crippen molar-refractivity contribution >= 4 is 90.2 Å². The van der Waals surface area contributed by atoms with Crippen molar-refractivity contribution < 1.29 is 13.2 Å². The van der Waals surface area contributed by atoms with Gasteiger partial charge in [0.1, 0.15) is 12.1 Å². The van der Waals surface area contributed by atoms with Crippen molar-refractivity contribution in [1.82, 2.24) is 14.3 Å². The second-order valence-electron chi connectivity index (χ2n) is 8.49. The first-order chi connectivity index (χ1) is 18.6. The number of halogens is 2. The summed E-state index contributed by atoms with van der Waals surface area (Å²) in [6.07, 6.45) is 3.17. The van der Waals surface area contributed by atoms with Crippen LogP contribution in [-0.2, 0) is 14.8 Å². The number of thioether (sulfide) groups is 1. The molecule has 39 heavy (non-hydrogen) atoms. The number of hydrogen-bond donors (Lipinski definition) is 2. The fraction of sp³-hybridized carbons (Fsp3) is 0.0769. The number of anilines is 3. The summed E-state index contributed by atoms with van der Waals surface area (Å²) in [5.41, 5.74) is 2.57. The molecular weight excluding hydrogens is 579 g/mol. The molecule has 1 amide bonds. The minimum Gasteiger partial charge on any atom is -0.340 e. The van der Waals surface area contributed by atoms with Crippen molar-refractivity contribution in [3.63, 3.8) is 0 Å². The van der Waals surface area contributed by atoms with Crippen molar-refractivity contribution in [3.05, 3.63) is 87.5 Å². The Balaban J connectivity index is 1.38. The second-order valence-corrected chi connectivity index (χ2v) is 12.5. The third kappa shape index (κ3) is 5.77. The molecule has 4 aromatic rings. The molecule has 2 N–H and O–H groups in total. The molecule has 0 spiro atoms. The zero-order chi connectivity index (χ0) is 27.7. The SMILES string of the molecule is CN(C)S(=O)(=O)c1ccc(Nc2ncnc3ccc(C=C4SC(Nc5c(Cl)cccc5Cl)=NC4=O)cc23)cc1. The van der Waals surface area contributed by atoms with Gasteiger partial charge < -0.3 is 10.6 Å². The molecule has 9 nitrogen and oxygen atoms in total. The second kappa shape index (κ2) is 10.9. The number of nitrogens with one attached hydrogen (secondary N) is 2. The lowest BCUT2D eigenvalue weighted by atomic mass is 10.1. The minimum atomic E-state index is -3.53. The molecular formula is C26H20Cl2N6O3S2. The monoisotopic (exact) mass is 598 g/mol. The quantitative estimate of drug-likeness (QED) is 0.259. The summed E-state index contributed by atoms with van der Waals surface area (Å²) in [6, 6.07) is 17.0. The molecule has 0 saturated heterocycles. The van der Waals surface area contributed by atoms with Gasteiger partial charge in [-0.2, -0.15) is 4.99 Å². The Bertz CT molecular complexity index is 1750. The molecule has 2 heterocycles. The smallest absolute Gasteiger partial charge is 0.286 e. The number of carbonyl (C=O) groups excluding carboxylic acids is 1. The van der Waals surface area contributed by atoms with E-state index in [1.54, 1.807) is 36.4 Å². The summed E-state index contributed by atoms with van der Waals surface area (Å²) in [6.45, 7) is 0. The predicted octanol–water partition coefficient (Wildman–Crippen LogP) is 6.01. The van der Waals surface area contributed by atoms with Crippen LogP contribution in [0.25, 0.3) is 17.0 Å². The van der Waals surface area contributed by atoms with E-state index < -0.39 is 10.0 Å². The molecule has 0 atom stereocenters. The summed E-state index contributed by atoms with van der Waals surface area (Å²) in [7, 11) is -0.566. The molecule has 198 valence electrons. The molecule has 3 aromatic carbocycles. The number of aromatic nitrogens is 2. The van der Waals surface area contributed by atoms with E-state index in [2.05, 4.69) is 25.6 Å². The average molecular weight is 600 g/mol. The molecule has 1 aliphatic heterocycles. The lowest BCUT2D eigenvalue weighted by Gasteiger charge is -2.13. The molecule has 0 aliphatic carbocycles. The molecule has 0 bridgehead atoms. The van der Waals surface area contributed by atoms with Crippen molar-refractivity contribution in [2.24, 2.45) is 4.99 Å². The third-order valence-corrected chi connectivity index (χ3v) is 9.03. The van der Waals surface area contributed by atoms with Gasteiger partial charge in [-0.1, -0.05) is 35.3 Å². The van der Waals surface area contributed by atoms with E-state index >= 15 is 0 Å². The summed E-state index contributed by atoms with van der Waals surface area (Å²) >= 11 is 13.6. The molecule has 13 heteroatoms. The van der Waals surface area contributed by atoms with Crippen molar-refractivity contribution in [1.29, 1.82) is 0 Å². The Morgan fingerprint density at radius 1 is 0.949 bits per heavy atom. The van der Waals surface area contributed by atoms with Gasteiger partial charge >= 0.3 is 0 Å². The fourth-order valence-corrected chi connectivity index (χ4v) is 5.87. The van der Waals surface area contributed by atoms with Crippen LogP contribution in [0.4, 0.5) is 17.2 Å². The minimum absolute atomic E-state index is 0.186. The first kappa shape index (κ1) is 27.1. The largest absolute Gasteiger partial charge is 0.340 e. The summed E-state index contributed by atoms with van der Waals surface area (Å²) in [4.78, 5) is 26.0. The number of hydrogen-bond acceptors (Lipinski definition) is 8. The average Bonchev–Trinajstić information content (AvgIpc) is 3.25. The first-order valence-electron chi connectivity index (χ1n) is 11.4. The Labute approximate surface area is 239 Å². The molecule has 0 saturated carbocycles. The van der Waals surface area contributed by atoms with E-state index in [-0.39, 0.29) is 10.8 Å². The van der Waals surface area contributed by atoms with Crippen molar-refractivity contribution in [3.8, 4) is 0 Å². The standard InChI is InChI=1S/C26H20Cl2N6O3S2/c1-34(2)39(36,37)17-9-7-16(8-10-17)31-24-18-12-15(6-11-21(18)29-14-30-24)13-22-25(35)33-26(38-22)32-23-19(27)4-3-5-20(23)28/h3-14H,1-2H3,(H,29,30,31)(H,32,33,35). The van der Waals surface area contributed by atoms with Gasteiger partial charge in [-0.15, -0.1) is 0 Å². The van der Waals surface area contributed by atoms with E-state index in [9.17, 15) is 13.2 Å². The molecule has 0 radical (unpaired) electrons. The van der Waals surface area contributed by atoms with E-state index in [4.69, 9.17) is 23.2 Å². The number of rotatable bonds is 6. The van der Waals surface area contributed by atoms with Crippen LogP contribution in [0.1, 0.15) is 5.56 Å². The molecule has 0 unspecified atom stereocenters. The Morgan fingerprint density at radius 3 is 2.36 bits per heavy atom. The van der Waals surface area contributed by atoms with Gasteiger partial charge in [-0.25, -0.2) is 22.7 Å². The van der Waals surface area contributed by atoms with Gasteiger partial charge in [0, 0.05) is 25.2 Å². The number of nitrogens with zero attached hydrogens (tertiary/aromatic N) is 4. The van der Waals surface area contributed by atoms with Gasteiger partial charge in [0.05, 0.1) is 31.0 Å². The van der Waals surface area contributed by atoms with Crippen LogP contribution in [0.3, 0.4) is 0 Å². The maximum Gasteiger partial charge on any atom is 0.286 e. The Kier molecular flexibility index (Phi) is 7.61. The Morgan fingerprint density at radius 2 is 1.67 bits per heavy atom. The van der Waals surface area contributed by atoms with Crippen LogP contribution in [-0.4, -0.2) is 47.9 Å². The predicted molar refractivity (Wildman–Crippen MR) is 158 cm³/mol. The van der Waals surface area contributed by atoms with Crippen LogP contribution < -0.4 is 10.6 Å². The summed E-state index contributed by atoms with van der Waals surface area (Å²) < 4.78 is 25.9. The van der Waals surface area contributed by atoms with E-state index in [0.717, 1.165) is 15.3 Å². The van der Waals surface area contributed by atoms with Crippen LogP contribution in [0, 0.1) is 0 Å². The highest BCUT2D eigenvalue weighted by atomic mass is 35.5. The van der Waals surface area contributed by atoms with Crippen molar-refractivity contribution in [2.75, 3.05) is 24.7 Å². The molecule has 1 aromatic heterocycles. The van der Waals surface area contributed by atoms with Crippen LogP contribution in [0.15, 0.2) is 81.8 Å². The van der Waals surface area contributed by atoms with Gasteiger partial charge in [-0.05, 0) is 71.9 Å². The number of carbonyl (C=O) groups is 1. The maximum atomic E-state index is 12.6. The number of benzene rings is 3. The number of sulfonamides is 1. The van der Waals surface area contributed by atoms with E-state index in [0.29, 0.717) is 42.8 Å². The lowest BCUT2D eigenvalue weighted by molar-refractivity contribution is -0.113. The number of fused-ring (bicyclic) bond motifs is 1. The number of amides is 1. The van der Waals surface area contributed by atoms with Gasteiger partial charge in [0.25, 0.3) is 5.91 Å². The first-order valence-corrected chi connectivity index (χ1v) is 14.4. The molecule has 1 aliphatic rings. The zero-order valence-corrected chi connectivity index (χ0v) is 23.7. The van der Waals surface area contributed by atoms with Gasteiger partial charge in [-0.3, -0.25) is 4.79 Å². The van der Waals surface area contributed by atoms with E-state index in [1.165, 1.54) is 44.3 Å². The normalized spacial score (nSPS) is 14.7. The number of para-hydroxylation sites is 1. The van der Waals surface area contributed by atoms with Crippen LogP contribution in [0.5, 0.6) is 0 Å². The number of aliphatic imine (C=N–C) groups is 1. The zero-order valence-electron chi connectivity index (χ0n) is 20.5. The summed E-state index contributed by atoms with van der Waals surface area (Å²) in [5.74, 6) is 0.141. The highest BCUT2D eigenvalue weighted by Crippen LogP contribution is 2.35. The van der Waals surface area contributed by atoms with Crippen LogP contribution >= 0.6 is 35.0 Å². The lowest BCUT2D eigenvalue weighted by Crippen LogP contribution is -2.22. The Hall–Kier alpha value is -3.48. The maximum absolute atomic E-state index is 12.6. The summed E-state index contributed by atoms with van der Waals surface area (Å²) in [5, 5.41) is 8.16. The van der Waals surface area contributed by atoms with Gasteiger partial charge in [0.2, 0.25) is 10.0 Å². The number of amidine groups is 1. The highest BCUT2D eigenvalue weighted by Gasteiger charge is 2.23. The topological polar surface area (TPSA) is 117 Å². The molecule has 0 fully saturated rings. The van der Waals surface area contributed by atoms with Crippen molar-refractivity contribution in [2.45, 2.75) is 4.90 Å². The fourth-order valence-electron chi connectivity index (χ4n) is 3.66. The molecule has 5 rings (SSSR count).